The van der Waals surface area contributed by atoms with E-state index in [1.54, 1.807) is 0 Å². The van der Waals surface area contributed by atoms with Crippen LogP contribution in [0.15, 0.2) is 66.7 Å². The molecule has 0 radical (unpaired) electrons. The highest BCUT2D eigenvalue weighted by Crippen LogP contribution is 2.28. The molecule has 0 aliphatic carbocycles. The predicted molar refractivity (Wildman–Crippen MR) is 81.3 cm³/mol. The Bertz CT molecular complexity index is 714. The van der Waals surface area contributed by atoms with Crippen molar-refractivity contribution >= 4 is 10.8 Å². The Balaban J connectivity index is 2.14. The average molecular weight is 265 g/mol. The fourth-order valence-corrected chi connectivity index (χ4v) is 2.66. The summed E-state index contributed by atoms with van der Waals surface area (Å²) in [4.78, 5) is 0. The van der Waals surface area contributed by atoms with Gasteiger partial charge in [-0.1, -0.05) is 54.6 Å². The van der Waals surface area contributed by atoms with Crippen LogP contribution >= 0.6 is 0 Å². The van der Waals surface area contributed by atoms with Crippen molar-refractivity contribution in [3.05, 3.63) is 83.7 Å². The molecule has 20 heavy (non-hydrogen) atoms. The molecule has 0 heterocycles. The third kappa shape index (κ3) is 2.30. The van der Waals surface area contributed by atoms with Crippen LogP contribution < -0.4 is 5.32 Å². The summed E-state index contributed by atoms with van der Waals surface area (Å²) >= 11 is 0. The van der Waals surface area contributed by atoms with Gasteiger partial charge in [0.05, 0.1) is 6.04 Å². The summed E-state index contributed by atoms with van der Waals surface area (Å²) in [6, 6.07) is 21.3. The first kappa shape index (κ1) is 12.8. The van der Waals surface area contributed by atoms with Crippen LogP contribution in [0, 0.1) is 5.82 Å². The van der Waals surface area contributed by atoms with Crippen LogP contribution in [-0.4, -0.2) is 7.05 Å². The summed E-state index contributed by atoms with van der Waals surface area (Å²) in [5.74, 6) is -0.207. The van der Waals surface area contributed by atoms with Crippen LogP contribution in [0.25, 0.3) is 10.8 Å². The van der Waals surface area contributed by atoms with Crippen LogP contribution in [0.2, 0.25) is 0 Å². The summed E-state index contributed by atoms with van der Waals surface area (Å²) in [6.07, 6.45) is 0. The molecule has 0 bridgehead atoms. The fraction of sp³-hybridized carbons (Fsp3) is 0.111. The molecule has 3 rings (SSSR count). The zero-order valence-electron chi connectivity index (χ0n) is 11.3. The molecule has 0 saturated carbocycles. The predicted octanol–water partition coefficient (Wildman–Crippen LogP) is 4.29. The molecule has 0 amide bonds. The third-order valence-corrected chi connectivity index (χ3v) is 3.63. The Kier molecular flexibility index (Phi) is 3.48. The quantitative estimate of drug-likeness (QED) is 0.745. The van der Waals surface area contributed by atoms with E-state index in [0.717, 1.165) is 5.56 Å². The smallest absolute Gasteiger partial charge is 0.123 e. The van der Waals surface area contributed by atoms with Crippen molar-refractivity contribution in [3.8, 4) is 0 Å². The maximum Gasteiger partial charge on any atom is 0.123 e. The molecule has 0 aromatic heterocycles. The second kappa shape index (κ2) is 5.43. The van der Waals surface area contributed by atoms with Crippen LogP contribution in [0.1, 0.15) is 17.2 Å². The number of fused-ring (bicyclic) bond motifs is 1. The van der Waals surface area contributed by atoms with Crippen molar-refractivity contribution in [2.24, 2.45) is 0 Å². The van der Waals surface area contributed by atoms with E-state index in [2.05, 4.69) is 35.6 Å². The minimum Gasteiger partial charge on any atom is -0.309 e. The molecule has 3 aromatic rings. The maximum absolute atomic E-state index is 13.1. The molecule has 1 N–H and O–H groups in total. The fourth-order valence-electron chi connectivity index (χ4n) is 2.66. The lowest BCUT2D eigenvalue weighted by Gasteiger charge is -2.19. The summed E-state index contributed by atoms with van der Waals surface area (Å²) in [5.41, 5.74) is 2.27. The van der Waals surface area contributed by atoms with Gasteiger partial charge in [-0.2, -0.15) is 0 Å². The minimum absolute atomic E-state index is 0.0571. The third-order valence-electron chi connectivity index (χ3n) is 3.63. The number of nitrogens with one attached hydrogen (secondary N) is 1. The first-order chi connectivity index (χ1) is 9.79. The number of rotatable bonds is 3. The molecule has 3 aromatic carbocycles. The molecule has 1 atom stereocenters. The molecule has 0 aliphatic heterocycles. The molecule has 0 aliphatic rings. The van der Waals surface area contributed by atoms with Gasteiger partial charge in [0.25, 0.3) is 0 Å². The summed E-state index contributed by atoms with van der Waals surface area (Å²) in [6.45, 7) is 0. The normalized spacial score (nSPS) is 12.5. The Morgan fingerprint density at radius 3 is 2.30 bits per heavy atom. The lowest BCUT2D eigenvalue weighted by atomic mass is 9.94. The topological polar surface area (TPSA) is 12.0 Å². The van der Waals surface area contributed by atoms with Crippen molar-refractivity contribution in [1.29, 1.82) is 0 Å². The van der Waals surface area contributed by atoms with Gasteiger partial charge < -0.3 is 5.32 Å². The van der Waals surface area contributed by atoms with Crippen LogP contribution in [0.4, 0.5) is 4.39 Å². The van der Waals surface area contributed by atoms with E-state index in [-0.39, 0.29) is 11.9 Å². The van der Waals surface area contributed by atoms with Gasteiger partial charge in [-0.3, -0.25) is 0 Å². The number of hydrogen-bond acceptors (Lipinski definition) is 1. The van der Waals surface area contributed by atoms with Crippen LogP contribution in [-0.2, 0) is 0 Å². The first-order valence-corrected chi connectivity index (χ1v) is 6.70. The molecule has 0 saturated heterocycles. The van der Waals surface area contributed by atoms with E-state index >= 15 is 0 Å². The van der Waals surface area contributed by atoms with Crippen molar-refractivity contribution < 1.29 is 4.39 Å². The Morgan fingerprint density at radius 2 is 1.55 bits per heavy atom. The summed E-state index contributed by atoms with van der Waals surface area (Å²) in [7, 11) is 1.93. The highest BCUT2D eigenvalue weighted by atomic mass is 19.1. The highest BCUT2D eigenvalue weighted by molar-refractivity contribution is 5.86. The van der Waals surface area contributed by atoms with E-state index in [0.29, 0.717) is 0 Å². The molecule has 1 unspecified atom stereocenters. The molecular weight excluding hydrogens is 249 g/mol. The van der Waals surface area contributed by atoms with Crippen molar-refractivity contribution in [1.82, 2.24) is 5.32 Å². The molecular formula is C18H16FN. The summed E-state index contributed by atoms with van der Waals surface area (Å²) in [5, 5.41) is 5.76. The summed E-state index contributed by atoms with van der Waals surface area (Å²) < 4.78 is 13.1. The van der Waals surface area contributed by atoms with Crippen molar-refractivity contribution in [2.75, 3.05) is 7.05 Å². The van der Waals surface area contributed by atoms with E-state index < -0.39 is 0 Å². The van der Waals surface area contributed by atoms with E-state index in [1.165, 1.54) is 28.5 Å². The molecule has 100 valence electrons. The SMILES string of the molecule is CNC(c1ccc(F)cc1)c1cccc2ccccc12. The van der Waals surface area contributed by atoms with E-state index in [9.17, 15) is 4.39 Å². The van der Waals surface area contributed by atoms with Gasteiger partial charge in [0, 0.05) is 0 Å². The zero-order chi connectivity index (χ0) is 13.9. The van der Waals surface area contributed by atoms with Crippen LogP contribution in [0.5, 0.6) is 0 Å². The molecule has 2 heteroatoms. The van der Waals surface area contributed by atoms with Crippen molar-refractivity contribution in [2.45, 2.75) is 6.04 Å². The van der Waals surface area contributed by atoms with Gasteiger partial charge in [0.1, 0.15) is 5.82 Å². The molecule has 0 fully saturated rings. The van der Waals surface area contributed by atoms with E-state index in [4.69, 9.17) is 0 Å². The maximum atomic E-state index is 13.1. The van der Waals surface area contributed by atoms with Crippen molar-refractivity contribution in [3.63, 3.8) is 0 Å². The second-order valence-corrected chi connectivity index (χ2v) is 4.84. The monoisotopic (exact) mass is 265 g/mol. The Labute approximate surface area is 118 Å². The van der Waals surface area contributed by atoms with Gasteiger partial charge in [-0.25, -0.2) is 4.39 Å². The van der Waals surface area contributed by atoms with Gasteiger partial charge in [-0.15, -0.1) is 0 Å². The van der Waals surface area contributed by atoms with Gasteiger partial charge >= 0.3 is 0 Å². The lowest BCUT2D eigenvalue weighted by Crippen LogP contribution is -2.17. The second-order valence-electron chi connectivity index (χ2n) is 4.84. The minimum atomic E-state index is -0.207. The average Bonchev–Trinajstić information content (AvgIpc) is 2.50. The van der Waals surface area contributed by atoms with Gasteiger partial charge in [0.2, 0.25) is 0 Å². The standard InChI is InChI=1S/C18H16FN/c1-20-18(14-9-11-15(19)12-10-14)17-8-4-6-13-5-2-3-7-16(13)17/h2-12,18,20H,1H3. The molecule has 1 nitrogen and oxygen atoms in total. The van der Waals surface area contributed by atoms with Crippen LogP contribution in [0.3, 0.4) is 0 Å². The number of hydrogen-bond donors (Lipinski definition) is 1. The number of halogens is 1. The first-order valence-electron chi connectivity index (χ1n) is 6.70. The zero-order valence-corrected chi connectivity index (χ0v) is 11.3. The Morgan fingerprint density at radius 1 is 0.850 bits per heavy atom. The Hall–Kier alpha value is -2.19. The molecule has 0 spiro atoms. The largest absolute Gasteiger partial charge is 0.309 e. The van der Waals surface area contributed by atoms with Gasteiger partial charge in [-0.05, 0) is 41.1 Å². The van der Waals surface area contributed by atoms with Gasteiger partial charge in [0.15, 0.2) is 0 Å². The highest BCUT2D eigenvalue weighted by Gasteiger charge is 2.14. The number of benzene rings is 3. The van der Waals surface area contributed by atoms with E-state index in [1.807, 2.05) is 31.3 Å². The lowest BCUT2D eigenvalue weighted by molar-refractivity contribution is 0.623.